The predicted molar refractivity (Wildman–Crippen MR) is 70.2 cm³/mol. The quantitative estimate of drug-likeness (QED) is 0.750. The molecular formula is C14H15N3O. The minimum Gasteiger partial charge on any atom is -0.459 e. The molecule has 0 radical (unpaired) electrons. The van der Waals surface area contributed by atoms with Crippen LogP contribution in [0.1, 0.15) is 23.1 Å². The Balaban J connectivity index is 2.06. The molecule has 3 aromatic rings. The smallest absolute Gasteiger partial charge is 0.137 e. The molecule has 1 unspecified atom stereocenters. The van der Waals surface area contributed by atoms with Gasteiger partial charge in [0.25, 0.3) is 0 Å². The number of aromatic nitrogens is 2. The fourth-order valence-corrected chi connectivity index (χ4v) is 2.13. The predicted octanol–water partition coefficient (Wildman–Crippen LogP) is 2.52. The Kier molecular flexibility index (Phi) is 2.45. The molecule has 0 fully saturated rings. The zero-order valence-corrected chi connectivity index (χ0v) is 10.4. The summed E-state index contributed by atoms with van der Waals surface area (Å²) >= 11 is 0. The van der Waals surface area contributed by atoms with Gasteiger partial charge in [0.05, 0.1) is 5.69 Å². The largest absolute Gasteiger partial charge is 0.459 e. The van der Waals surface area contributed by atoms with Crippen molar-refractivity contribution in [3.63, 3.8) is 0 Å². The lowest BCUT2D eigenvalue weighted by atomic mass is 10.1. The summed E-state index contributed by atoms with van der Waals surface area (Å²) in [6, 6.07) is 9.65. The zero-order chi connectivity index (χ0) is 12.7. The highest BCUT2D eigenvalue weighted by molar-refractivity contribution is 5.81. The second kappa shape index (κ2) is 3.99. The summed E-state index contributed by atoms with van der Waals surface area (Å²) in [5.74, 6) is 0.748. The first-order valence-electron chi connectivity index (χ1n) is 5.89. The van der Waals surface area contributed by atoms with Crippen LogP contribution in [0.25, 0.3) is 11.0 Å². The van der Waals surface area contributed by atoms with Crippen LogP contribution < -0.4 is 5.73 Å². The molecule has 4 heteroatoms. The number of furan rings is 1. The third kappa shape index (κ3) is 1.71. The standard InChI is InChI=1S/C14H15N3O/c1-9-4-3-5-10-8-12(18-14(9)10)13(15)11-6-7-17(2)16-11/h3-8,13H,15H2,1-2H3. The maximum Gasteiger partial charge on any atom is 0.137 e. The van der Waals surface area contributed by atoms with E-state index in [9.17, 15) is 0 Å². The summed E-state index contributed by atoms with van der Waals surface area (Å²) in [6.07, 6.45) is 1.88. The number of nitrogens with zero attached hydrogens (tertiary/aromatic N) is 2. The molecule has 0 bridgehead atoms. The van der Waals surface area contributed by atoms with Crippen molar-refractivity contribution < 1.29 is 4.42 Å². The van der Waals surface area contributed by atoms with Crippen molar-refractivity contribution in [2.45, 2.75) is 13.0 Å². The lowest BCUT2D eigenvalue weighted by Crippen LogP contribution is -2.11. The molecule has 1 atom stereocenters. The lowest BCUT2D eigenvalue weighted by molar-refractivity contribution is 0.516. The van der Waals surface area contributed by atoms with Gasteiger partial charge in [-0.1, -0.05) is 18.2 Å². The number of fused-ring (bicyclic) bond motifs is 1. The molecule has 2 heterocycles. The molecule has 4 nitrogen and oxygen atoms in total. The minimum absolute atomic E-state index is 0.321. The van der Waals surface area contributed by atoms with Gasteiger partial charge in [-0.3, -0.25) is 4.68 Å². The number of para-hydroxylation sites is 1. The highest BCUT2D eigenvalue weighted by atomic mass is 16.3. The van der Waals surface area contributed by atoms with Crippen LogP contribution in [0.3, 0.4) is 0 Å². The first kappa shape index (κ1) is 11.0. The number of benzene rings is 1. The summed E-state index contributed by atoms with van der Waals surface area (Å²) in [6.45, 7) is 2.03. The second-order valence-corrected chi connectivity index (χ2v) is 4.53. The normalized spacial score (nSPS) is 13.1. The van der Waals surface area contributed by atoms with E-state index < -0.39 is 0 Å². The van der Waals surface area contributed by atoms with E-state index in [-0.39, 0.29) is 6.04 Å². The van der Waals surface area contributed by atoms with Gasteiger partial charge in [0.2, 0.25) is 0 Å². The number of hydrogen-bond acceptors (Lipinski definition) is 3. The van der Waals surface area contributed by atoms with E-state index in [4.69, 9.17) is 10.2 Å². The SMILES string of the molecule is Cc1cccc2cc(C(N)c3ccn(C)n3)oc12. The van der Waals surface area contributed by atoms with Crippen molar-refractivity contribution in [1.82, 2.24) is 9.78 Å². The zero-order valence-electron chi connectivity index (χ0n) is 10.4. The van der Waals surface area contributed by atoms with Crippen LogP contribution in [0.15, 0.2) is 40.9 Å². The lowest BCUT2D eigenvalue weighted by Gasteiger charge is -2.04. The van der Waals surface area contributed by atoms with Gasteiger partial charge in [0.15, 0.2) is 0 Å². The van der Waals surface area contributed by atoms with Crippen molar-refractivity contribution in [3.05, 3.63) is 53.5 Å². The third-order valence-electron chi connectivity index (χ3n) is 3.12. The van der Waals surface area contributed by atoms with Crippen LogP contribution in [0, 0.1) is 6.92 Å². The molecule has 0 amide bonds. The fourth-order valence-electron chi connectivity index (χ4n) is 2.13. The number of nitrogens with two attached hydrogens (primary N) is 1. The Morgan fingerprint density at radius 2 is 2.17 bits per heavy atom. The average molecular weight is 241 g/mol. The molecule has 3 rings (SSSR count). The van der Waals surface area contributed by atoms with Gasteiger partial charge >= 0.3 is 0 Å². The van der Waals surface area contributed by atoms with E-state index in [0.29, 0.717) is 0 Å². The summed E-state index contributed by atoms with van der Waals surface area (Å²) in [4.78, 5) is 0. The molecule has 92 valence electrons. The van der Waals surface area contributed by atoms with Gasteiger partial charge in [-0.25, -0.2) is 0 Å². The topological polar surface area (TPSA) is 57.0 Å². The molecule has 0 aliphatic carbocycles. The molecule has 2 aromatic heterocycles. The van der Waals surface area contributed by atoms with Crippen LogP contribution in [-0.4, -0.2) is 9.78 Å². The first-order valence-corrected chi connectivity index (χ1v) is 5.89. The molecule has 2 N–H and O–H groups in total. The van der Waals surface area contributed by atoms with Crippen molar-refractivity contribution in [2.75, 3.05) is 0 Å². The Morgan fingerprint density at radius 1 is 1.33 bits per heavy atom. The Bertz CT molecular complexity index is 696. The van der Waals surface area contributed by atoms with E-state index in [2.05, 4.69) is 5.10 Å². The van der Waals surface area contributed by atoms with Crippen LogP contribution >= 0.6 is 0 Å². The Labute approximate surface area is 105 Å². The highest BCUT2D eigenvalue weighted by Gasteiger charge is 2.16. The Hall–Kier alpha value is -2.07. The van der Waals surface area contributed by atoms with E-state index >= 15 is 0 Å². The Morgan fingerprint density at radius 3 is 2.83 bits per heavy atom. The van der Waals surface area contributed by atoms with Crippen molar-refractivity contribution in [1.29, 1.82) is 0 Å². The molecule has 0 saturated heterocycles. The van der Waals surface area contributed by atoms with Crippen LogP contribution in [0.5, 0.6) is 0 Å². The molecule has 0 aliphatic rings. The summed E-state index contributed by atoms with van der Waals surface area (Å²) in [5, 5.41) is 5.39. The van der Waals surface area contributed by atoms with E-state index in [1.54, 1.807) is 4.68 Å². The molecule has 0 saturated carbocycles. The average Bonchev–Trinajstić information content (AvgIpc) is 2.95. The van der Waals surface area contributed by atoms with Crippen LogP contribution in [-0.2, 0) is 7.05 Å². The van der Waals surface area contributed by atoms with Gasteiger partial charge in [0, 0.05) is 18.6 Å². The molecule has 0 aliphatic heterocycles. The minimum atomic E-state index is -0.321. The maximum atomic E-state index is 6.17. The summed E-state index contributed by atoms with van der Waals surface area (Å²) in [5.41, 5.74) is 9.01. The first-order chi connectivity index (χ1) is 8.65. The summed E-state index contributed by atoms with van der Waals surface area (Å²) in [7, 11) is 1.87. The van der Waals surface area contributed by atoms with E-state index in [1.807, 2.05) is 50.5 Å². The van der Waals surface area contributed by atoms with Gasteiger partial charge in [-0.05, 0) is 24.6 Å². The second-order valence-electron chi connectivity index (χ2n) is 4.53. The summed E-state index contributed by atoms with van der Waals surface area (Å²) < 4.78 is 7.59. The maximum absolute atomic E-state index is 6.17. The van der Waals surface area contributed by atoms with Gasteiger partial charge < -0.3 is 10.2 Å². The fraction of sp³-hybridized carbons (Fsp3) is 0.214. The number of hydrogen-bond donors (Lipinski definition) is 1. The molecule has 18 heavy (non-hydrogen) atoms. The van der Waals surface area contributed by atoms with E-state index in [0.717, 1.165) is 28.0 Å². The number of rotatable bonds is 2. The van der Waals surface area contributed by atoms with Gasteiger partial charge in [0.1, 0.15) is 17.4 Å². The number of aryl methyl sites for hydroxylation is 2. The van der Waals surface area contributed by atoms with Crippen LogP contribution in [0.4, 0.5) is 0 Å². The molecule has 0 spiro atoms. The van der Waals surface area contributed by atoms with Crippen molar-refractivity contribution >= 4 is 11.0 Å². The third-order valence-corrected chi connectivity index (χ3v) is 3.12. The van der Waals surface area contributed by atoms with Crippen molar-refractivity contribution in [2.24, 2.45) is 12.8 Å². The highest BCUT2D eigenvalue weighted by Crippen LogP contribution is 2.27. The van der Waals surface area contributed by atoms with Crippen molar-refractivity contribution in [3.8, 4) is 0 Å². The monoisotopic (exact) mass is 241 g/mol. The molecule has 1 aromatic carbocycles. The van der Waals surface area contributed by atoms with Gasteiger partial charge in [-0.15, -0.1) is 0 Å². The van der Waals surface area contributed by atoms with Crippen LogP contribution in [0.2, 0.25) is 0 Å². The van der Waals surface area contributed by atoms with Gasteiger partial charge in [-0.2, -0.15) is 5.10 Å². The molecular weight excluding hydrogens is 226 g/mol. The van der Waals surface area contributed by atoms with E-state index in [1.165, 1.54) is 0 Å².